The van der Waals surface area contributed by atoms with Crippen LogP contribution in [0.4, 0.5) is 0 Å². The summed E-state index contributed by atoms with van der Waals surface area (Å²) in [5, 5.41) is 19.8. The first-order chi connectivity index (χ1) is 16.2. The van der Waals surface area contributed by atoms with Crippen molar-refractivity contribution in [1.29, 1.82) is 0 Å². The van der Waals surface area contributed by atoms with E-state index in [9.17, 15) is 19.8 Å². The first kappa shape index (κ1) is 26.9. The van der Waals surface area contributed by atoms with Crippen molar-refractivity contribution in [2.45, 2.75) is 33.0 Å². The van der Waals surface area contributed by atoms with Crippen molar-refractivity contribution in [3.63, 3.8) is 0 Å². The molecule has 0 bridgehead atoms. The van der Waals surface area contributed by atoms with Crippen molar-refractivity contribution >= 4 is 11.9 Å². The Morgan fingerprint density at radius 1 is 0.765 bits per heavy atom. The largest absolute Gasteiger partial charge is 0.491 e. The molecule has 0 fully saturated rings. The van der Waals surface area contributed by atoms with Gasteiger partial charge in [0.2, 0.25) is 0 Å². The third-order valence-electron chi connectivity index (χ3n) is 4.57. The Balaban J connectivity index is 1.78. The van der Waals surface area contributed by atoms with Gasteiger partial charge in [-0.3, -0.25) is 4.79 Å². The summed E-state index contributed by atoms with van der Waals surface area (Å²) in [6.45, 7) is 8.18. The van der Waals surface area contributed by atoms with Gasteiger partial charge in [0.05, 0.1) is 5.92 Å². The van der Waals surface area contributed by atoms with E-state index < -0.39 is 18.2 Å². The molecule has 34 heavy (non-hydrogen) atoms. The Hall–Kier alpha value is -3.36. The Bertz CT molecular complexity index is 934. The van der Waals surface area contributed by atoms with Crippen molar-refractivity contribution in [1.82, 2.24) is 0 Å². The number of aliphatic hydroxyl groups is 2. The lowest BCUT2D eigenvalue weighted by Crippen LogP contribution is -2.26. The second-order valence-electron chi connectivity index (χ2n) is 8.14. The molecule has 0 amide bonds. The van der Waals surface area contributed by atoms with Gasteiger partial charge in [0, 0.05) is 5.57 Å². The molecule has 2 aromatic rings. The lowest BCUT2D eigenvalue weighted by molar-refractivity contribution is -0.150. The molecule has 0 radical (unpaired) electrons. The fourth-order valence-corrected chi connectivity index (χ4v) is 2.61. The van der Waals surface area contributed by atoms with Crippen LogP contribution in [0, 0.1) is 5.92 Å². The summed E-state index contributed by atoms with van der Waals surface area (Å²) >= 11 is 0. The van der Waals surface area contributed by atoms with Crippen LogP contribution in [0.2, 0.25) is 0 Å². The third kappa shape index (κ3) is 9.25. The zero-order chi connectivity index (χ0) is 25.1. The summed E-state index contributed by atoms with van der Waals surface area (Å²) in [5.41, 5.74) is 2.18. The van der Waals surface area contributed by atoms with Gasteiger partial charge < -0.3 is 29.2 Å². The maximum atomic E-state index is 11.4. The average Bonchev–Trinajstić information content (AvgIpc) is 2.83. The number of esters is 2. The zero-order valence-electron chi connectivity index (χ0n) is 19.7. The lowest BCUT2D eigenvalue weighted by Gasteiger charge is -2.14. The van der Waals surface area contributed by atoms with Gasteiger partial charge in [-0.2, -0.15) is 0 Å². The fraction of sp³-hybridized carbons (Fsp3) is 0.385. The fourth-order valence-electron chi connectivity index (χ4n) is 2.61. The van der Waals surface area contributed by atoms with Gasteiger partial charge >= 0.3 is 11.9 Å². The molecule has 0 spiro atoms. The molecule has 0 saturated carbocycles. The molecule has 0 heterocycles. The molecular formula is C26H32O8. The molecule has 2 N–H and O–H groups in total. The quantitative estimate of drug-likeness (QED) is 0.338. The minimum absolute atomic E-state index is 0.00893. The van der Waals surface area contributed by atoms with Crippen LogP contribution in [0.15, 0.2) is 60.7 Å². The smallest absolute Gasteiger partial charge is 0.333 e. The topological polar surface area (TPSA) is 112 Å². The van der Waals surface area contributed by atoms with E-state index in [1.54, 1.807) is 38.1 Å². The van der Waals surface area contributed by atoms with Crippen LogP contribution in [-0.4, -0.2) is 60.8 Å². The molecule has 2 atom stereocenters. The van der Waals surface area contributed by atoms with Gasteiger partial charge in [-0.1, -0.05) is 44.7 Å². The second kappa shape index (κ2) is 13.4. The van der Waals surface area contributed by atoms with E-state index in [0.717, 1.165) is 11.1 Å². The van der Waals surface area contributed by atoms with Gasteiger partial charge in [0.25, 0.3) is 0 Å². The van der Waals surface area contributed by atoms with E-state index in [0.29, 0.717) is 11.5 Å². The number of rotatable bonds is 13. The molecule has 184 valence electrons. The molecule has 0 aromatic heterocycles. The van der Waals surface area contributed by atoms with Crippen molar-refractivity contribution < 1.29 is 38.7 Å². The standard InChI is InChI=1S/C26H32O8/c1-17(2)25(29)33-15-21(27)13-31-23-9-5-19(6-10-23)20-7-11-24(12-8-20)32-14-22(28)16-34-26(30)18(3)4/h5-12,18,21-22,27-28H,1,13-16H2,2-4H3. The monoisotopic (exact) mass is 472 g/mol. The first-order valence-electron chi connectivity index (χ1n) is 11.0. The molecule has 8 heteroatoms. The number of benzene rings is 2. The minimum Gasteiger partial charge on any atom is -0.491 e. The Morgan fingerprint density at radius 3 is 1.56 bits per heavy atom. The van der Waals surface area contributed by atoms with Crippen molar-refractivity contribution in [2.24, 2.45) is 5.92 Å². The molecule has 8 nitrogen and oxygen atoms in total. The van der Waals surface area contributed by atoms with E-state index in [1.807, 2.05) is 24.3 Å². The third-order valence-corrected chi connectivity index (χ3v) is 4.57. The van der Waals surface area contributed by atoms with Gasteiger partial charge in [0.15, 0.2) is 0 Å². The molecule has 2 unspecified atom stereocenters. The van der Waals surface area contributed by atoms with Crippen LogP contribution in [0.3, 0.4) is 0 Å². The molecule has 0 saturated heterocycles. The van der Waals surface area contributed by atoms with Crippen LogP contribution in [0.1, 0.15) is 20.8 Å². The summed E-state index contributed by atoms with van der Waals surface area (Å²) in [6.07, 6.45) is -1.86. The van der Waals surface area contributed by atoms with Gasteiger partial charge in [-0.05, 0) is 42.3 Å². The van der Waals surface area contributed by atoms with E-state index >= 15 is 0 Å². The highest BCUT2D eigenvalue weighted by Gasteiger charge is 2.13. The van der Waals surface area contributed by atoms with Gasteiger partial charge in [-0.15, -0.1) is 0 Å². The summed E-state index contributed by atoms with van der Waals surface area (Å²) in [6, 6.07) is 14.7. The maximum Gasteiger partial charge on any atom is 0.333 e. The second-order valence-corrected chi connectivity index (χ2v) is 8.14. The first-order valence-corrected chi connectivity index (χ1v) is 11.0. The summed E-state index contributed by atoms with van der Waals surface area (Å²) < 4.78 is 21.0. The van der Waals surface area contributed by atoms with Crippen LogP contribution in [0.25, 0.3) is 11.1 Å². The number of ether oxygens (including phenoxy) is 4. The van der Waals surface area contributed by atoms with E-state index in [-0.39, 0.29) is 43.9 Å². The lowest BCUT2D eigenvalue weighted by atomic mass is 10.1. The maximum absolute atomic E-state index is 11.4. The van der Waals surface area contributed by atoms with Crippen LogP contribution in [0.5, 0.6) is 11.5 Å². The molecule has 0 aliphatic heterocycles. The normalized spacial score (nSPS) is 12.5. The summed E-state index contributed by atoms with van der Waals surface area (Å²) in [4.78, 5) is 22.8. The Morgan fingerprint density at radius 2 is 1.18 bits per heavy atom. The van der Waals surface area contributed by atoms with Crippen molar-refractivity contribution in [2.75, 3.05) is 26.4 Å². The number of aliphatic hydroxyl groups excluding tert-OH is 2. The highest BCUT2D eigenvalue weighted by atomic mass is 16.6. The average molecular weight is 473 g/mol. The van der Waals surface area contributed by atoms with Gasteiger partial charge in [-0.25, -0.2) is 4.79 Å². The van der Waals surface area contributed by atoms with Crippen molar-refractivity contribution in [3.8, 4) is 22.6 Å². The molecule has 0 aliphatic rings. The predicted molar refractivity (Wildman–Crippen MR) is 126 cm³/mol. The molecule has 0 aliphatic carbocycles. The zero-order valence-corrected chi connectivity index (χ0v) is 19.7. The number of carbonyl (C=O) groups is 2. The Kier molecular flexibility index (Phi) is 10.6. The number of hydrogen-bond donors (Lipinski definition) is 2. The predicted octanol–water partition coefficient (Wildman–Crippen LogP) is 3.15. The SMILES string of the molecule is C=C(C)C(=O)OCC(O)COc1ccc(-c2ccc(OCC(O)COC(=O)C(C)C)cc2)cc1. The van der Waals surface area contributed by atoms with Gasteiger partial charge in [0.1, 0.15) is 50.1 Å². The molecule has 2 rings (SSSR count). The van der Waals surface area contributed by atoms with E-state index in [2.05, 4.69) is 6.58 Å². The van der Waals surface area contributed by atoms with E-state index in [4.69, 9.17) is 18.9 Å². The highest BCUT2D eigenvalue weighted by molar-refractivity contribution is 5.86. The highest BCUT2D eigenvalue weighted by Crippen LogP contribution is 2.25. The molecule has 2 aromatic carbocycles. The van der Waals surface area contributed by atoms with Crippen LogP contribution >= 0.6 is 0 Å². The van der Waals surface area contributed by atoms with E-state index in [1.165, 1.54) is 6.92 Å². The van der Waals surface area contributed by atoms with Crippen LogP contribution < -0.4 is 9.47 Å². The Labute approximate surface area is 199 Å². The molecular weight excluding hydrogens is 440 g/mol. The number of hydrogen-bond acceptors (Lipinski definition) is 8. The number of carbonyl (C=O) groups excluding carboxylic acids is 2. The minimum atomic E-state index is -0.948. The van der Waals surface area contributed by atoms with Crippen molar-refractivity contribution in [3.05, 3.63) is 60.7 Å². The summed E-state index contributed by atoms with van der Waals surface area (Å²) in [5.74, 6) is -0.00476. The van der Waals surface area contributed by atoms with Crippen LogP contribution in [-0.2, 0) is 19.1 Å². The summed E-state index contributed by atoms with van der Waals surface area (Å²) in [7, 11) is 0.